The Kier molecular flexibility index (Phi) is 24.5. The maximum Gasteiger partial charge on any atom is 0.245 e. The fourth-order valence-electron chi connectivity index (χ4n) is 7.39. The molecule has 6 atom stereocenters. The lowest BCUT2D eigenvalue weighted by molar-refractivity contribution is -0.137. The second kappa shape index (κ2) is 29.4. The van der Waals surface area contributed by atoms with E-state index < -0.39 is 59.9 Å². The van der Waals surface area contributed by atoms with Gasteiger partial charge in [-0.05, 0) is 107 Å². The number of hydrogen-bond acceptors (Lipinski definition) is 11. The van der Waals surface area contributed by atoms with Gasteiger partial charge in [-0.15, -0.1) is 0 Å². The van der Waals surface area contributed by atoms with Crippen molar-refractivity contribution in [1.29, 1.82) is 0 Å². The first-order chi connectivity index (χ1) is 30.3. The fraction of sp³-hybridized carbons (Fsp3) is 0.609. The molecule has 1 fully saturated rings. The zero-order valence-electron chi connectivity index (χ0n) is 37.5. The Morgan fingerprint density at radius 2 is 1.11 bits per heavy atom. The van der Waals surface area contributed by atoms with Gasteiger partial charge in [0, 0.05) is 32.7 Å². The standard InChI is InChI=1S/C46H75N11O6/c1-32(2)30-40(56-44(61)38(22-21-33-14-5-3-6-15-33)53-42(59)36(50)31-34-16-7-4-8-17-34)45(62)54-37(19-9-11-23-47)43(60)52-25-12-10-20-39(46(63)57-28-26-51-27-29-57)55-41(58)35(49)18-13-24-48/h3-8,14-17,32,35-40,51H,9-13,18-31,47-50H2,1-2H3,(H,52,60)(H,53,59)(H,54,62)(H,55,58)(H,56,61)/t35-,36-,37-,38-,39+,40-/m1/s1. The molecule has 1 aliphatic rings. The van der Waals surface area contributed by atoms with E-state index in [9.17, 15) is 28.8 Å². The van der Waals surface area contributed by atoms with Crippen LogP contribution < -0.4 is 54.8 Å². The van der Waals surface area contributed by atoms with Gasteiger partial charge in [0.25, 0.3) is 0 Å². The molecule has 0 unspecified atom stereocenters. The zero-order chi connectivity index (χ0) is 46.0. The topological polar surface area (TPSA) is 282 Å². The summed E-state index contributed by atoms with van der Waals surface area (Å²) in [5, 5.41) is 17.6. The number of nitrogens with one attached hydrogen (secondary N) is 6. The van der Waals surface area contributed by atoms with Crippen molar-refractivity contribution in [3.63, 3.8) is 0 Å². The average Bonchev–Trinajstić information content (AvgIpc) is 3.28. The van der Waals surface area contributed by atoms with E-state index in [-0.39, 0.29) is 43.5 Å². The lowest BCUT2D eigenvalue weighted by Crippen LogP contribution is -2.58. The highest BCUT2D eigenvalue weighted by Crippen LogP contribution is 2.12. The summed E-state index contributed by atoms with van der Waals surface area (Å²) < 4.78 is 0. The number of hydrogen-bond donors (Lipinski definition) is 10. The average molecular weight is 878 g/mol. The van der Waals surface area contributed by atoms with Gasteiger partial charge >= 0.3 is 0 Å². The van der Waals surface area contributed by atoms with Crippen LogP contribution in [0.1, 0.15) is 89.2 Å². The Hall–Kier alpha value is -4.94. The van der Waals surface area contributed by atoms with Crippen molar-refractivity contribution in [3.8, 4) is 0 Å². The Morgan fingerprint density at radius 1 is 0.587 bits per heavy atom. The smallest absolute Gasteiger partial charge is 0.245 e. The molecular formula is C46H75N11O6. The first-order valence-corrected chi connectivity index (χ1v) is 22.8. The quantitative estimate of drug-likeness (QED) is 0.0489. The van der Waals surface area contributed by atoms with Gasteiger partial charge in [0.1, 0.15) is 24.2 Å². The van der Waals surface area contributed by atoms with Crippen LogP contribution in [0.15, 0.2) is 60.7 Å². The highest BCUT2D eigenvalue weighted by Gasteiger charge is 2.32. The number of benzene rings is 2. The number of carbonyl (C=O) groups is 6. The minimum atomic E-state index is -1.000. The first kappa shape index (κ1) is 52.4. The number of nitrogens with two attached hydrogens (primary N) is 4. The van der Waals surface area contributed by atoms with Crippen LogP contribution in [-0.4, -0.2) is 122 Å². The number of carbonyl (C=O) groups excluding carboxylic acids is 6. The van der Waals surface area contributed by atoms with Gasteiger partial charge in [-0.25, -0.2) is 0 Å². The molecule has 0 aliphatic carbocycles. The predicted octanol–water partition coefficient (Wildman–Crippen LogP) is 0.0880. The highest BCUT2D eigenvalue weighted by molar-refractivity contribution is 5.95. The van der Waals surface area contributed by atoms with Gasteiger partial charge in [-0.3, -0.25) is 28.8 Å². The van der Waals surface area contributed by atoms with Gasteiger partial charge in [0.2, 0.25) is 35.4 Å². The van der Waals surface area contributed by atoms with E-state index in [2.05, 4.69) is 31.9 Å². The van der Waals surface area contributed by atoms with Crippen molar-refractivity contribution in [1.82, 2.24) is 36.8 Å². The second-order valence-corrected chi connectivity index (χ2v) is 16.9. The van der Waals surface area contributed by atoms with Crippen molar-refractivity contribution in [2.24, 2.45) is 28.9 Å². The summed E-state index contributed by atoms with van der Waals surface area (Å²) in [6.45, 7) is 7.36. The van der Waals surface area contributed by atoms with Crippen LogP contribution in [0, 0.1) is 5.92 Å². The molecule has 1 heterocycles. The molecule has 0 bridgehead atoms. The third kappa shape index (κ3) is 20.0. The molecule has 17 nitrogen and oxygen atoms in total. The van der Waals surface area contributed by atoms with Crippen molar-refractivity contribution in [2.75, 3.05) is 45.8 Å². The van der Waals surface area contributed by atoms with Gasteiger partial charge in [0.05, 0.1) is 12.1 Å². The molecule has 1 saturated heterocycles. The molecule has 63 heavy (non-hydrogen) atoms. The van der Waals surface area contributed by atoms with Gasteiger partial charge < -0.3 is 59.7 Å². The van der Waals surface area contributed by atoms with Crippen molar-refractivity contribution in [2.45, 2.75) is 127 Å². The van der Waals surface area contributed by atoms with Crippen LogP contribution >= 0.6 is 0 Å². The van der Waals surface area contributed by atoms with Crippen LogP contribution in [0.25, 0.3) is 0 Å². The number of amides is 6. The SMILES string of the molecule is CC(C)C[C@@H](NC(=O)[C@@H](CCc1ccccc1)NC(=O)[C@H](N)Cc1ccccc1)C(=O)N[C@H](CCCCN)C(=O)NCCCC[C@H](NC(=O)[C@H](N)CCCN)C(=O)N1CCNCC1. The van der Waals surface area contributed by atoms with Crippen LogP contribution in [0.4, 0.5) is 0 Å². The number of aryl methyl sites for hydroxylation is 1. The Labute approximate surface area is 373 Å². The monoisotopic (exact) mass is 878 g/mol. The normalized spacial score (nSPS) is 15.6. The summed E-state index contributed by atoms with van der Waals surface area (Å²) in [5.74, 6) is -2.49. The van der Waals surface area contributed by atoms with E-state index >= 15 is 0 Å². The summed E-state index contributed by atoms with van der Waals surface area (Å²) in [5.41, 5.74) is 25.6. The number of piperazine rings is 1. The summed E-state index contributed by atoms with van der Waals surface area (Å²) in [6, 6.07) is 13.6. The second-order valence-electron chi connectivity index (χ2n) is 16.9. The molecule has 0 radical (unpaired) electrons. The minimum Gasteiger partial charge on any atom is -0.354 e. The van der Waals surface area contributed by atoms with Gasteiger partial charge in [0.15, 0.2) is 0 Å². The largest absolute Gasteiger partial charge is 0.354 e. The Balaban J connectivity index is 1.66. The molecule has 2 aromatic carbocycles. The molecule has 17 heteroatoms. The molecule has 350 valence electrons. The maximum atomic E-state index is 14.0. The molecule has 0 aromatic heterocycles. The predicted molar refractivity (Wildman–Crippen MR) is 246 cm³/mol. The van der Waals surface area contributed by atoms with Crippen LogP contribution in [0.5, 0.6) is 0 Å². The Morgan fingerprint density at radius 3 is 1.75 bits per heavy atom. The first-order valence-electron chi connectivity index (χ1n) is 22.8. The lowest BCUT2D eigenvalue weighted by atomic mass is 9.99. The number of nitrogens with zero attached hydrogens (tertiary/aromatic N) is 1. The zero-order valence-corrected chi connectivity index (χ0v) is 37.5. The summed E-state index contributed by atoms with van der Waals surface area (Å²) in [7, 11) is 0. The third-order valence-electron chi connectivity index (χ3n) is 11.1. The van der Waals surface area contributed by atoms with Crippen molar-refractivity contribution in [3.05, 3.63) is 71.8 Å². The molecule has 0 saturated carbocycles. The van der Waals surface area contributed by atoms with Crippen LogP contribution in [-0.2, 0) is 41.6 Å². The van der Waals surface area contributed by atoms with E-state index in [1.165, 1.54) is 0 Å². The molecule has 2 aromatic rings. The van der Waals surface area contributed by atoms with E-state index in [1.54, 1.807) is 4.90 Å². The maximum absolute atomic E-state index is 14.0. The summed E-state index contributed by atoms with van der Waals surface area (Å²) in [6.07, 6.45) is 5.25. The van der Waals surface area contributed by atoms with Gasteiger partial charge in [-0.2, -0.15) is 0 Å². The molecule has 0 spiro atoms. The number of unbranched alkanes of at least 4 members (excludes halogenated alkanes) is 2. The summed E-state index contributed by atoms with van der Waals surface area (Å²) >= 11 is 0. The van der Waals surface area contributed by atoms with E-state index in [0.29, 0.717) is 97.1 Å². The van der Waals surface area contributed by atoms with E-state index in [4.69, 9.17) is 22.9 Å². The molecule has 14 N–H and O–H groups in total. The fourth-order valence-corrected chi connectivity index (χ4v) is 7.39. The van der Waals surface area contributed by atoms with Crippen molar-refractivity contribution >= 4 is 35.4 Å². The molecule has 3 rings (SSSR count). The minimum absolute atomic E-state index is 0.00373. The molecular weight excluding hydrogens is 803 g/mol. The summed E-state index contributed by atoms with van der Waals surface area (Å²) in [4.78, 5) is 83.2. The Bertz CT molecular complexity index is 1680. The highest BCUT2D eigenvalue weighted by atomic mass is 16.2. The lowest BCUT2D eigenvalue weighted by Gasteiger charge is -2.31. The number of rotatable bonds is 29. The van der Waals surface area contributed by atoms with E-state index in [0.717, 1.165) is 11.1 Å². The van der Waals surface area contributed by atoms with E-state index in [1.807, 2.05) is 74.5 Å². The van der Waals surface area contributed by atoms with Crippen LogP contribution in [0.2, 0.25) is 0 Å². The van der Waals surface area contributed by atoms with Gasteiger partial charge in [-0.1, -0.05) is 74.5 Å². The van der Waals surface area contributed by atoms with Crippen molar-refractivity contribution < 1.29 is 28.8 Å². The third-order valence-corrected chi connectivity index (χ3v) is 11.1. The molecule has 6 amide bonds. The van der Waals surface area contributed by atoms with Crippen LogP contribution in [0.3, 0.4) is 0 Å². The molecule has 1 aliphatic heterocycles.